The Kier molecular flexibility index (Phi) is 7.31. The Labute approximate surface area is 218 Å². The first-order chi connectivity index (χ1) is 17.5. The lowest BCUT2D eigenvalue weighted by Crippen LogP contribution is -2.58. The smallest absolute Gasteiger partial charge is 0.353 e. The fourth-order valence-electron chi connectivity index (χ4n) is 4.17. The number of rotatable bonds is 9. The first kappa shape index (κ1) is 26.3. The SMILES string of the molecule is Cc1ccc(Cn2c(=O)n(CC3(CC(=O)O)CC3)c(=O)n(N)/c2=N\c2ccc(OC(C)C)c(Cl)c2)cc1. The van der Waals surface area contributed by atoms with Gasteiger partial charge in [0.2, 0.25) is 5.62 Å². The Morgan fingerprint density at radius 1 is 1.14 bits per heavy atom. The quantitative estimate of drug-likeness (QED) is 0.411. The molecule has 0 spiro atoms. The van der Waals surface area contributed by atoms with Crippen LogP contribution in [-0.2, 0) is 17.9 Å². The minimum absolute atomic E-state index is 0.0323. The first-order valence-corrected chi connectivity index (χ1v) is 12.4. The Bertz CT molecular complexity index is 1510. The summed E-state index contributed by atoms with van der Waals surface area (Å²) >= 11 is 6.37. The number of hydrogen-bond donors (Lipinski definition) is 2. The Morgan fingerprint density at radius 3 is 2.38 bits per heavy atom. The van der Waals surface area contributed by atoms with Crippen molar-refractivity contribution in [2.45, 2.75) is 59.2 Å². The van der Waals surface area contributed by atoms with Crippen molar-refractivity contribution in [3.63, 3.8) is 0 Å². The van der Waals surface area contributed by atoms with Gasteiger partial charge in [0.1, 0.15) is 5.75 Å². The fourth-order valence-corrected chi connectivity index (χ4v) is 4.39. The summed E-state index contributed by atoms with van der Waals surface area (Å²) in [7, 11) is 0. The van der Waals surface area contributed by atoms with E-state index in [9.17, 15) is 19.5 Å². The molecule has 0 bridgehead atoms. The van der Waals surface area contributed by atoms with E-state index in [1.165, 1.54) is 4.57 Å². The molecular weight excluding hydrogens is 498 g/mol. The molecule has 10 nitrogen and oxygen atoms in total. The average molecular weight is 528 g/mol. The maximum absolute atomic E-state index is 13.7. The number of aromatic nitrogens is 3. The fraction of sp³-hybridized carbons (Fsp3) is 0.385. The molecule has 3 N–H and O–H groups in total. The van der Waals surface area contributed by atoms with Crippen molar-refractivity contribution >= 4 is 23.3 Å². The molecule has 0 radical (unpaired) electrons. The lowest BCUT2D eigenvalue weighted by Gasteiger charge is -2.18. The monoisotopic (exact) mass is 527 g/mol. The predicted octanol–water partition coefficient (Wildman–Crippen LogP) is 2.81. The van der Waals surface area contributed by atoms with E-state index in [0.29, 0.717) is 29.3 Å². The molecule has 0 saturated heterocycles. The Hall–Kier alpha value is -3.79. The van der Waals surface area contributed by atoms with Gasteiger partial charge in [-0.1, -0.05) is 41.4 Å². The molecule has 37 heavy (non-hydrogen) atoms. The molecule has 1 saturated carbocycles. The Morgan fingerprint density at radius 2 is 1.81 bits per heavy atom. The second-order valence-corrected chi connectivity index (χ2v) is 10.3. The van der Waals surface area contributed by atoms with E-state index < -0.39 is 22.8 Å². The summed E-state index contributed by atoms with van der Waals surface area (Å²) < 4.78 is 8.81. The van der Waals surface area contributed by atoms with Crippen molar-refractivity contribution < 1.29 is 14.6 Å². The summed E-state index contributed by atoms with van der Waals surface area (Å²) in [6.07, 6.45) is 1.03. The molecular formula is C26H30ClN5O5. The van der Waals surface area contributed by atoms with Gasteiger partial charge in [0.05, 0.1) is 29.8 Å². The van der Waals surface area contributed by atoms with Crippen LogP contribution in [0.1, 0.15) is 44.2 Å². The van der Waals surface area contributed by atoms with E-state index in [2.05, 4.69) is 4.99 Å². The number of aliphatic carboxylic acids is 1. The van der Waals surface area contributed by atoms with Crippen LogP contribution < -0.4 is 27.6 Å². The van der Waals surface area contributed by atoms with Gasteiger partial charge in [-0.3, -0.25) is 9.36 Å². The van der Waals surface area contributed by atoms with E-state index in [0.717, 1.165) is 20.4 Å². The molecule has 1 aliphatic carbocycles. The van der Waals surface area contributed by atoms with E-state index in [4.69, 9.17) is 22.2 Å². The molecule has 0 unspecified atom stereocenters. The third kappa shape index (κ3) is 5.96. The van der Waals surface area contributed by atoms with Crippen LogP contribution in [0.25, 0.3) is 0 Å². The number of nitrogen functional groups attached to an aromatic ring is 1. The van der Waals surface area contributed by atoms with Crippen LogP contribution in [0.15, 0.2) is 57.0 Å². The van der Waals surface area contributed by atoms with Crippen LogP contribution in [0.2, 0.25) is 5.02 Å². The van der Waals surface area contributed by atoms with Crippen LogP contribution >= 0.6 is 11.6 Å². The molecule has 0 atom stereocenters. The second-order valence-electron chi connectivity index (χ2n) is 9.86. The van der Waals surface area contributed by atoms with Crippen molar-refractivity contribution in [1.29, 1.82) is 0 Å². The Balaban J connectivity index is 1.87. The van der Waals surface area contributed by atoms with Gasteiger partial charge < -0.3 is 15.7 Å². The van der Waals surface area contributed by atoms with Crippen molar-refractivity contribution in [2.24, 2.45) is 10.4 Å². The number of carboxylic acids is 1. The third-order valence-electron chi connectivity index (χ3n) is 6.30. The number of aryl methyl sites for hydroxylation is 1. The van der Waals surface area contributed by atoms with Gasteiger partial charge in [0, 0.05) is 6.54 Å². The zero-order valence-corrected chi connectivity index (χ0v) is 21.7. The van der Waals surface area contributed by atoms with Gasteiger partial charge in [0.15, 0.2) is 0 Å². The second kappa shape index (κ2) is 10.3. The highest BCUT2D eigenvalue weighted by atomic mass is 35.5. The first-order valence-electron chi connectivity index (χ1n) is 12.0. The lowest BCUT2D eigenvalue weighted by molar-refractivity contribution is -0.138. The average Bonchev–Trinajstić information content (AvgIpc) is 3.58. The van der Waals surface area contributed by atoms with Gasteiger partial charge in [-0.15, -0.1) is 0 Å². The summed E-state index contributed by atoms with van der Waals surface area (Å²) in [6.45, 7) is 5.79. The number of benzene rings is 2. The highest BCUT2D eigenvalue weighted by Gasteiger charge is 2.45. The number of nitrogens with zero attached hydrogens (tertiary/aromatic N) is 4. The topological polar surface area (TPSA) is 134 Å². The van der Waals surface area contributed by atoms with E-state index in [1.54, 1.807) is 18.2 Å². The molecule has 0 aliphatic heterocycles. The summed E-state index contributed by atoms with van der Waals surface area (Å²) in [5, 5.41) is 9.62. The number of halogens is 1. The zero-order valence-electron chi connectivity index (χ0n) is 21.0. The minimum Gasteiger partial charge on any atom is -0.489 e. The number of hydrogen-bond acceptors (Lipinski definition) is 6. The summed E-state index contributed by atoms with van der Waals surface area (Å²) in [5.74, 6) is 5.72. The van der Waals surface area contributed by atoms with Crippen LogP contribution in [0.3, 0.4) is 0 Å². The highest BCUT2D eigenvalue weighted by Crippen LogP contribution is 2.49. The molecule has 1 fully saturated rings. The van der Waals surface area contributed by atoms with E-state index >= 15 is 0 Å². The third-order valence-corrected chi connectivity index (χ3v) is 6.60. The normalized spacial score (nSPS) is 14.7. The van der Waals surface area contributed by atoms with Gasteiger partial charge >= 0.3 is 17.3 Å². The van der Waals surface area contributed by atoms with Gasteiger partial charge in [-0.05, 0) is 62.8 Å². The summed E-state index contributed by atoms with van der Waals surface area (Å²) in [6, 6.07) is 12.5. The van der Waals surface area contributed by atoms with Crippen LogP contribution in [0, 0.1) is 12.3 Å². The van der Waals surface area contributed by atoms with Gasteiger partial charge in [-0.2, -0.15) is 4.68 Å². The molecule has 2 aromatic carbocycles. The number of nitrogens with two attached hydrogens (primary N) is 1. The standard InChI is InChI=1S/C26H30ClN5O5/c1-16(2)37-21-9-8-19(12-20(21)27)29-23-30(14-18-6-4-17(3)5-7-18)24(35)31(25(36)32(23)28)15-26(10-11-26)13-22(33)34/h4-9,12,16H,10-11,13-15,28H2,1-3H3,(H,33,34)/b29-23-. The van der Waals surface area contributed by atoms with Crippen molar-refractivity contribution in [3.05, 3.63) is 85.2 Å². The van der Waals surface area contributed by atoms with E-state index in [1.807, 2.05) is 45.0 Å². The number of ether oxygens (including phenoxy) is 1. The van der Waals surface area contributed by atoms with Crippen LogP contribution in [0.5, 0.6) is 5.75 Å². The molecule has 1 aliphatic rings. The van der Waals surface area contributed by atoms with Crippen LogP contribution in [0.4, 0.5) is 5.69 Å². The van der Waals surface area contributed by atoms with Crippen LogP contribution in [-0.4, -0.2) is 31.0 Å². The molecule has 1 aromatic heterocycles. The van der Waals surface area contributed by atoms with Crippen molar-refractivity contribution in [1.82, 2.24) is 13.8 Å². The largest absolute Gasteiger partial charge is 0.489 e. The van der Waals surface area contributed by atoms with Crippen molar-refractivity contribution in [3.8, 4) is 5.75 Å². The molecule has 11 heteroatoms. The number of carbonyl (C=O) groups is 1. The summed E-state index contributed by atoms with van der Waals surface area (Å²) in [5.41, 5.74) is 0.145. The lowest BCUT2D eigenvalue weighted by atomic mass is 10.0. The molecule has 3 aromatic rings. The molecule has 1 heterocycles. The summed E-state index contributed by atoms with van der Waals surface area (Å²) in [4.78, 5) is 42.7. The minimum atomic E-state index is -0.973. The highest BCUT2D eigenvalue weighted by molar-refractivity contribution is 6.32. The maximum atomic E-state index is 13.7. The molecule has 0 amide bonds. The van der Waals surface area contributed by atoms with Gasteiger partial charge in [0.25, 0.3) is 0 Å². The maximum Gasteiger partial charge on any atom is 0.353 e. The predicted molar refractivity (Wildman–Crippen MR) is 140 cm³/mol. The van der Waals surface area contributed by atoms with Gasteiger partial charge in [-0.25, -0.2) is 19.1 Å². The molecule has 196 valence electrons. The molecule has 4 rings (SSSR count). The number of carboxylic acid groups (broad SMARTS) is 1. The zero-order chi connectivity index (χ0) is 26.9. The van der Waals surface area contributed by atoms with Crippen molar-refractivity contribution in [2.75, 3.05) is 5.84 Å². The van der Waals surface area contributed by atoms with E-state index in [-0.39, 0.29) is 31.2 Å².